The molecule has 0 saturated heterocycles. The molecule has 0 spiro atoms. The SMILES string of the molecule is CCC(C)SCC(N)c1cc2cc(Cl)ccc2o1. The molecule has 18 heavy (non-hydrogen) atoms. The Morgan fingerprint density at radius 1 is 1.39 bits per heavy atom. The van der Waals surface area contributed by atoms with Crippen molar-refractivity contribution < 1.29 is 4.42 Å². The average molecular weight is 284 g/mol. The molecule has 2 aromatic rings. The smallest absolute Gasteiger partial charge is 0.134 e. The fourth-order valence-corrected chi connectivity index (χ4v) is 2.80. The third kappa shape index (κ3) is 3.22. The molecule has 0 aliphatic carbocycles. The first-order valence-electron chi connectivity index (χ1n) is 6.16. The van der Waals surface area contributed by atoms with E-state index < -0.39 is 0 Å². The van der Waals surface area contributed by atoms with E-state index in [0.29, 0.717) is 5.25 Å². The summed E-state index contributed by atoms with van der Waals surface area (Å²) in [6, 6.07) is 7.54. The Morgan fingerprint density at radius 2 is 2.17 bits per heavy atom. The summed E-state index contributed by atoms with van der Waals surface area (Å²) in [5, 5.41) is 2.37. The summed E-state index contributed by atoms with van der Waals surface area (Å²) in [5.74, 6) is 1.71. The molecule has 0 radical (unpaired) electrons. The zero-order valence-corrected chi connectivity index (χ0v) is 12.2. The summed E-state index contributed by atoms with van der Waals surface area (Å²) in [4.78, 5) is 0. The highest BCUT2D eigenvalue weighted by molar-refractivity contribution is 7.99. The predicted octanol–water partition coefficient (Wildman–Crippen LogP) is 4.62. The Hall–Kier alpha value is -0.640. The van der Waals surface area contributed by atoms with Gasteiger partial charge in [0, 0.05) is 21.4 Å². The summed E-state index contributed by atoms with van der Waals surface area (Å²) >= 11 is 7.83. The summed E-state index contributed by atoms with van der Waals surface area (Å²) in [7, 11) is 0. The number of furan rings is 1. The third-order valence-electron chi connectivity index (χ3n) is 3.00. The van der Waals surface area contributed by atoms with Crippen LogP contribution in [0.15, 0.2) is 28.7 Å². The number of hydrogen-bond acceptors (Lipinski definition) is 3. The second-order valence-corrected chi connectivity index (χ2v) is 6.40. The molecule has 98 valence electrons. The molecule has 2 rings (SSSR count). The van der Waals surface area contributed by atoms with E-state index in [4.69, 9.17) is 21.8 Å². The van der Waals surface area contributed by atoms with Gasteiger partial charge in [0.2, 0.25) is 0 Å². The van der Waals surface area contributed by atoms with Gasteiger partial charge in [0.25, 0.3) is 0 Å². The van der Waals surface area contributed by atoms with Gasteiger partial charge in [0.15, 0.2) is 0 Å². The summed E-state index contributed by atoms with van der Waals surface area (Å²) < 4.78 is 5.75. The number of thioether (sulfide) groups is 1. The van der Waals surface area contributed by atoms with Crippen molar-refractivity contribution in [1.82, 2.24) is 0 Å². The Balaban J connectivity index is 2.10. The van der Waals surface area contributed by atoms with Gasteiger partial charge in [-0.1, -0.05) is 25.4 Å². The maximum atomic E-state index is 6.15. The lowest BCUT2D eigenvalue weighted by Gasteiger charge is -2.11. The van der Waals surface area contributed by atoms with Crippen molar-refractivity contribution >= 4 is 34.3 Å². The monoisotopic (exact) mass is 283 g/mol. The minimum Gasteiger partial charge on any atom is -0.459 e. The van der Waals surface area contributed by atoms with Gasteiger partial charge in [-0.15, -0.1) is 0 Å². The maximum Gasteiger partial charge on any atom is 0.134 e. The highest BCUT2D eigenvalue weighted by Crippen LogP contribution is 2.28. The molecule has 0 bridgehead atoms. The first-order valence-corrected chi connectivity index (χ1v) is 7.59. The molecular formula is C14H18ClNOS. The number of rotatable bonds is 5. The molecule has 1 aromatic heterocycles. The number of hydrogen-bond donors (Lipinski definition) is 1. The van der Waals surface area contributed by atoms with Crippen LogP contribution in [-0.4, -0.2) is 11.0 Å². The van der Waals surface area contributed by atoms with Crippen LogP contribution >= 0.6 is 23.4 Å². The fourth-order valence-electron chi connectivity index (χ4n) is 1.69. The average Bonchev–Trinajstić information content (AvgIpc) is 2.78. The van der Waals surface area contributed by atoms with Gasteiger partial charge in [0.1, 0.15) is 11.3 Å². The lowest BCUT2D eigenvalue weighted by molar-refractivity contribution is 0.516. The Labute approximate surface area is 117 Å². The molecule has 2 nitrogen and oxygen atoms in total. The van der Waals surface area contributed by atoms with Crippen molar-refractivity contribution in [3.63, 3.8) is 0 Å². The van der Waals surface area contributed by atoms with E-state index in [1.807, 2.05) is 36.0 Å². The Kier molecular flexibility index (Phi) is 4.60. The molecule has 2 unspecified atom stereocenters. The molecule has 0 amide bonds. The second kappa shape index (κ2) is 6.00. The number of nitrogens with two attached hydrogens (primary N) is 1. The molecule has 0 fully saturated rings. The van der Waals surface area contributed by atoms with Crippen LogP contribution in [0, 0.1) is 0 Å². The van der Waals surface area contributed by atoms with Crippen molar-refractivity contribution in [2.45, 2.75) is 31.6 Å². The molecule has 2 N–H and O–H groups in total. The lowest BCUT2D eigenvalue weighted by atomic mass is 10.2. The van der Waals surface area contributed by atoms with Crippen LogP contribution in [0.1, 0.15) is 32.1 Å². The van der Waals surface area contributed by atoms with Crippen LogP contribution in [0.2, 0.25) is 5.02 Å². The normalized spacial score (nSPS) is 14.9. The van der Waals surface area contributed by atoms with Gasteiger partial charge >= 0.3 is 0 Å². The Bertz CT molecular complexity index is 525. The van der Waals surface area contributed by atoms with Crippen LogP contribution in [0.25, 0.3) is 11.0 Å². The molecule has 0 aliphatic rings. The molecule has 0 saturated carbocycles. The molecule has 1 aromatic carbocycles. The van der Waals surface area contributed by atoms with Gasteiger partial charge in [-0.05, 0) is 30.7 Å². The second-order valence-electron chi connectivity index (χ2n) is 4.49. The minimum absolute atomic E-state index is 0.0600. The Morgan fingerprint density at radius 3 is 2.89 bits per heavy atom. The van der Waals surface area contributed by atoms with Gasteiger partial charge in [-0.2, -0.15) is 11.8 Å². The van der Waals surface area contributed by atoms with E-state index in [1.54, 1.807) is 0 Å². The highest BCUT2D eigenvalue weighted by Gasteiger charge is 2.13. The summed E-state index contributed by atoms with van der Waals surface area (Å²) in [6.07, 6.45) is 1.16. The molecule has 1 heterocycles. The van der Waals surface area contributed by atoms with Gasteiger partial charge < -0.3 is 10.2 Å². The zero-order valence-electron chi connectivity index (χ0n) is 10.7. The minimum atomic E-state index is -0.0600. The van der Waals surface area contributed by atoms with Crippen LogP contribution < -0.4 is 5.73 Å². The van der Waals surface area contributed by atoms with Crippen LogP contribution in [0.4, 0.5) is 0 Å². The number of fused-ring (bicyclic) bond motifs is 1. The van der Waals surface area contributed by atoms with Crippen molar-refractivity contribution in [3.05, 3.63) is 35.0 Å². The zero-order chi connectivity index (χ0) is 13.1. The van der Waals surface area contributed by atoms with Crippen molar-refractivity contribution in [1.29, 1.82) is 0 Å². The standard InChI is InChI=1S/C14H18ClNOS/c1-3-9(2)18-8-12(16)14-7-10-6-11(15)4-5-13(10)17-14/h4-7,9,12H,3,8,16H2,1-2H3. The van der Waals surface area contributed by atoms with E-state index in [1.165, 1.54) is 0 Å². The number of halogens is 1. The third-order valence-corrected chi connectivity index (χ3v) is 4.69. The first-order chi connectivity index (χ1) is 8.60. The van der Waals surface area contributed by atoms with Gasteiger partial charge in [0.05, 0.1) is 6.04 Å². The van der Waals surface area contributed by atoms with E-state index in [9.17, 15) is 0 Å². The van der Waals surface area contributed by atoms with E-state index in [-0.39, 0.29) is 6.04 Å². The van der Waals surface area contributed by atoms with Gasteiger partial charge in [-0.3, -0.25) is 0 Å². The van der Waals surface area contributed by atoms with Gasteiger partial charge in [-0.25, -0.2) is 0 Å². The van der Waals surface area contributed by atoms with E-state index in [0.717, 1.165) is 33.9 Å². The first kappa shape index (κ1) is 13.8. The molecule has 0 aliphatic heterocycles. The quantitative estimate of drug-likeness (QED) is 0.870. The highest BCUT2D eigenvalue weighted by atomic mass is 35.5. The largest absolute Gasteiger partial charge is 0.459 e. The summed E-state index contributed by atoms with van der Waals surface area (Å²) in [6.45, 7) is 4.40. The van der Waals surface area contributed by atoms with Crippen molar-refractivity contribution in [3.8, 4) is 0 Å². The van der Waals surface area contributed by atoms with Crippen LogP contribution in [0.5, 0.6) is 0 Å². The van der Waals surface area contributed by atoms with Crippen molar-refractivity contribution in [2.75, 3.05) is 5.75 Å². The van der Waals surface area contributed by atoms with E-state index in [2.05, 4.69) is 13.8 Å². The van der Waals surface area contributed by atoms with E-state index >= 15 is 0 Å². The lowest BCUT2D eigenvalue weighted by Crippen LogP contribution is -2.13. The maximum absolute atomic E-state index is 6.15. The van der Waals surface area contributed by atoms with Crippen LogP contribution in [-0.2, 0) is 0 Å². The topological polar surface area (TPSA) is 39.2 Å². The molecule has 2 atom stereocenters. The fraction of sp³-hybridized carbons (Fsp3) is 0.429. The number of benzene rings is 1. The van der Waals surface area contributed by atoms with Crippen molar-refractivity contribution in [2.24, 2.45) is 5.73 Å². The molecule has 4 heteroatoms. The summed E-state index contributed by atoms with van der Waals surface area (Å²) in [5.41, 5.74) is 7.00. The molecular weight excluding hydrogens is 266 g/mol. The predicted molar refractivity (Wildman–Crippen MR) is 80.4 cm³/mol. The van der Waals surface area contributed by atoms with Crippen LogP contribution in [0.3, 0.4) is 0 Å².